The van der Waals surface area contributed by atoms with Gasteiger partial charge in [-0.05, 0) is 65.3 Å². The molecule has 6 rings (SSSR count). The number of aromatic nitrogens is 3. The second-order valence-electron chi connectivity index (χ2n) is 9.76. The summed E-state index contributed by atoms with van der Waals surface area (Å²) in [6, 6.07) is 10.5. The minimum atomic E-state index is -0.514. The first-order chi connectivity index (χ1) is 14.8. The highest BCUT2D eigenvalue weighted by atomic mass is 19.1. The van der Waals surface area contributed by atoms with E-state index < -0.39 is 11.6 Å². The molecule has 31 heavy (non-hydrogen) atoms. The van der Waals surface area contributed by atoms with Gasteiger partial charge in [0.2, 0.25) is 0 Å². The first-order valence-corrected chi connectivity index (χ1v) is 11.0. The Morgan fingerprint density at radius 1 is 1.06 bits per heavy atom. The summed E-state index contributed by atoms with van der Waals surface area (Å²) in [5, 5.41) is 10.2. The van der Waals surface area contributed by atoms with E-state index in [-0.39, 0.29) is 12.1 Å². The molecule has 3 aliphatic carbocycles. The lowest BCUT2D eigenvalue weighted by atomic mass is 9.45. The molecule has 4 nitrogen and oxygen atoms in total. The zero-order valence-corrected chi connectivity index (χ0v) is 18.1. The van der Waals surface area contributed by atoms with Crippen molar-refractivity contribution in [2.75, 3.05) is 0 Å². The van der Waals surface area contributed by atoms with E-state index in [1.165, 1.54) is 24.9 Å². The SMILES string of the molecule is C[C@@H]1[C@H]2C[C@H](C[C@H]1NCc1c(F)cc(-c3cccc(-c4nc[nH]n4)c3)cc1F)C2(C)C. The summed E-state index contributed by atoms with van der Waals surface area (Å²) in [7, 11) is 0. The summed E-state index contributed by atoms with van der Waals surface area (Å²) < 4.78 is 29.8. The summed E-state index contributed by atoms with van der Waals surface area (Å²) in [6.45, 7) is 7.20. The molecule has 6 heteroatoms. The van der Waals surface area contributed by atoms with Crippen LogP contribution in [0.2, 0.25) is 0 Å². The third-order valence-electron chi connectivity index (χ3n) is 7.91. The smallest absolute Gasteiger partial charge is 0.180 e. The number of hydrogen-bond donors (Lipinski definition) is 2. The molecule has 0 amide bonds. The van der Waals surface area contributed by atoms with E-state index in [0.29, 0.717) is 40.6 Å². The zero-order chi connectivity index (χ0) is 21.8. The summed E-state index contributed by atoms with van der Waals surface area (Å²) in [5.41, 5.74) is 2.53. The van der Waals surface area contributed by atoms with Gasteiger partial charge in [0.05, 0.1) is 0 Å². The number of nitrogens with zero attached hydrogens (tertiary/aromatic N) is 2. The van der Waals surface area contributed by atoms with E-state index in [9.17, 15) is 8.78 Å². The number of fused-ring (bicyclic) bond motifs is 2. The van der Waals surface area contributed by atoms with Gasteiger partial charge in [-0.1, -0.05) is 39.0 Å². The summed E-state index contributed by atoms with van der Waals surface area (Å²) in [4.78, 5) is 4.14. The summed E-state index contributed by atoms with van der Waals surface area (Å²) >= 11 is 0. The van der Waals surface area contributed by atoms with Crippen molar-refractivity contribution in [3.05, 3.63) is 59.9 Å². The number of benzene rings is 2. The Bertz CT molecular complexity index is 1070. The van der Waals surface area contributed by atoms with Crippen molar-refractivity contribution >= 4 is 0 Å². The Morgan fingerprint density at radius 2 is 1.81 bits per heavy atom. The fourth-order valence-corrected chi connectivity index (χ4v) is 5.78. The van der Waals surface area contributed by atoms with Crippen LogP contribution in [0.15, 0.2) is 42.7 Å². The minimum Gasteiger partial charge on any atom is -0.309 e. The highest BCUT2D eigenvalue weighted by Crippen LogP contribution is 2.61. The molecule has 3 aliphatic rings. The Morgan fingerprint density at radius 3 is 2.45 bits per heavy atom. The molecule has 4 atom stereocenters. The van der Waals surface area contributed by atoms with E-state index in [2.05, 4.69) is 41.3 Å². The highest BCUT2D eigenvalue weighted by Gasteiger charge is 2.56. The molecular formula is C25H28F2N4. The lowest BCUT2D eigenvalue weighted by molar-refractivity contribution is -0.115. The van der Waals surface area contributed by atoms with Gasteiger partial charge in [0.25, 0.3) is 0 Å². The number of halogens is 2. The second kappa shape index (κ2) is 7.52. The van der Waals surface area contributed by atoms with Crippen LogP contribution >= 0.6 is 0 Å². The van der Waals surface area contributed by atoms with Crippen LogP contribution in [0.1, 0.15) is 39.2 Å². The molecule has 162 valence electrons. The van der Waals surface area contributed by atoms with Crippen molar-refractivity contribution in [1.82, 2.24) is 20.5 Å². The van der Waals surface area contributed by atoms with Gasteiger partial charge in [0, 0.05) is 23.7 Å². The van der Waals surface area contributed by atoms with Crippen LogP contribution < -0.4 is 5.32 Å². The van der Waals surface area contributed by atoms with Gasteiger partial charge in [-0.25, -0.2) is 13.8 Å². The average molecular weight is 423 g/mol. The molecule has 0 unspecified atom stereocenters. The zero-order valence-electron chi connectivity index (χ0n) is 18.1. The standard InChI is InChI=1S/C25H28F2N4/c1-14-20-10-18(25(20,2)3)11-23(14)28-12-19-21(26)8-17(9-22(19)27)15-5-4-6-16(7-15)24-29-13-30-31-24/h4-9,13-14,18,20,23,28H,10-12H2,1-3H3,(H,29,30,31)/t14-,18-,20-,23-/m1/s1. The van der Waals surface area contributed by atoms with Gasteiger partial charge in [-0.15, -0.1) is 0 Å². The molecule has 2 aromatic carbocycles. The van der Waals surface area contributed by atoms with E-state index in [1.807, 2.05) is 24.3 Å². The number of aromatic amines is 1. The quantitative estimate of drug-likeness (QED) is 0.565. The van der Waals surface area contributed by atoms with E-state index >= 15 is 0 Å². The minimum absolute atomic E-state index is 0.111. The number of H-pyrrole nitrogens is 1. The van der Waals surface area contributed by atoms with E-state index in [0.717, 1.165) is 17.5 Å². The fourth-order valence-electron chi connectivity index (χ4n) is 5.78. The van der Waals surface area contributed by atoms with Crippen molar-refractivity contribution in [1.29, 1.82) is 0 Å². The van der Waals surface area contributed by atoms with Crippen LogP contribution in [0.3, 0.4) is 0 Å². The highest BCUT2D eigenvalue weighted by molar-refractivity contribution is 5.70. The third kappa shape index (κ3) is 3.47. The van der Waals surface area contributed by atoms with Gasteiger partial charge >= 0.3 is 0 Å². The van der Waals surface area contributed by atoms with Gasteiger partial charge in [-0.3, -0.25) is 5.10 Å². The normalized spacial score (nSPS) is 26.5. The van der Waals surface area contributed by atoms with Gasteiger partial charge in [0.15, 0.2) is 5.82 Å². The van der Waals surface area contributed by atoms with Crippen LogP contribution in [-0.4, -0.2) is 21.2 Å². The number of nitrogens with one attached hydrogen (secondary N) is 2. The van der Waals surface area contributed by atoms with Crippen molar-refractivity contribution in [2.45, 2.75) is 46.2 Å². The largest absolute Gasteiger partial charge is 0.309 e. The topological polar surface area (TPSA) is 53.6 Å². The van der Waals surface area contributed by atoms with E-state index in [1.54, 1.807) is 0 Å². The van der Waals surface area contributed by atoms with Crippen LogP contribution in [0.5, 0.6) is 0 Å². The Hall–Kier alpha value is -2.60. The summed E-state index contributed by atoms with van der Waals surface area (Å²) in [5.74, 6) is 1.44. The van der Waals surface area contributed by atoms with Crippen molar-refractivity contribution in [3.63, 3.8) is 0 Å². The van der Waals surface area contributed by atoms with E-state index in [4.69, 9.17) is 0 Å². The number of rotatable bonds is 5. The Labute approximate surface area is 181 Å². The van der Waals surface area contributed by atoms with Crippen LogP contribution in [0.4, 0.5) is 8.78 Å². The predicted octanol–water partition coefficient (Wildman–Crippen LogP) is 5.58. The monoisotopic (exact) mass is 422 g/mol. The lowest BCUT2D eigenvalue weighted by Crippen LogP contribution is -2.59. The lowest BCUT2D eigenvalue weighted by Gasteiger charge is -2.62. The van der Waals surface area contributed by atoms with Crippen molar-refractivity contribution in [2.24, 2.45) is 23.2 Å². The molecule has 0 saturated heterocycles. The molecule has 1 heterocycles. The van der Waals surface area contributed by atoms with Crippen molar-refractivity contribution in [3.8, 4) is 22.5 Å². The first-order valence-electron chi connectivity index (χ1n) is 11.0. The van der Waals surface area contributed by atoms with Gasteiger partial charge in [0.1, 0.15) is 18.0 Å². The molecule has 3 saturated carbocycles. The first kappa shape index (κ1) is 20.3. The molecule has 0 aliphatic heterocycles. The fraction of sp³-hybridized carbons (Fsp3) is 0.440. The van der Waals surface area contributed by atoms with Crippen LogP contribution in [-0.2, 0) is 6.54 Å². The molecule has 3 aromatic rings. The maximum atomic E-state index is 14.9. The maximum absolute atomic E-state index is 14.9. The molecular weight excluding hydrogens is 394 g/mol. The number of hydrogen-bond acceptors (Lipinski definition) is 3. The Kier molecular flexibility index (Phi) is 4.93. The molecule has 0 spiro atoms. The van der Waals surface area contributed by atoms with Crippen molar-refractivity contribution < 1.29 is 8.78 Å². The molecule has 3 fully saturated rings. The molecule has 2 N–H and O–H groups in total. The van der Waals surface area contributed by atoms with Crippen LogP contribution in [0, 0.1) is 34.8 Å². The second-order valence-corrected chi connectivity index (χ2v) is 9.76. The maximum Gasteiger partial charge on any atom is 0.180 e. The summed E-state index contributed by atoms with van der Waals surface area (Å²) in [6.07, 6.45) is 3.87. The molecule has 2 bridgehead atoms. The van der Waals surface area contributed by atoms with Gasteiger partial charge < -0.3 is 5.32 Å². The van der Waals surface area contributed by atoms with Gasteiger partial charge in [-0.2, -0.15) is 5.10 Å². The average Bonchev–Trinajstić information content (AvgIpc) is 3.28. The Balaban J connectivity index is 1.33. The third-order valence-corrected chi connectivity index (χ3v) is 7.91. The molecule has 1 aromatic heterocycles. The molecule has 0 radical (unpaired) electrons. The predicted molar refractivity (Wildman–Crippen MR) is 117 cm³/mol. The van der Waals surface area contributed by atoms with Crippen LogP contribution in [0.25, 0.3) is 22.5 Å².